The van der Waals surface area contributed by atoms with Gasteiger partial charge in [0.05, 0.1) is 35.8 Å². The Hall–Kier alpha value is -2.45. The van der Waals surface area contributed by atoms with E-state index in [1.165, 1.54) is 0 Å². The zero-order valence-electron chi connectivity index (χ0n) is 21.4. The Morgan fingerprint density at radius 3 is 2.49 bits per heavy atom. The number of piperidine rings is 1. The summed E-state index contributed by atoms with van der Waals surface area (Å²) in [6.45, 7) is 1.50. The largest absolute Gasteiger partial charge is 0.461 e. The molecule has 0 aromatic carbocycles. The van der Waals surface area contributed by atoms with Gasteiger partial charge in [-0.3, -0.25) is 19.3 Å². The molecule has 2 heterocycles. The Kier molecular flexibility index (Phi) is 5.45. The minimum Gasteiger partial charge on any atom is -0.461 e. The highest BCUT2D eigenvalue weighted by Gasteiger charge is 2.73. The van der Waals surface area contributed by atoms with Crippen molar-refractivity contribution in [2.75, 3.05) is 26.8 Å². The van der Waals surface area contributed by atoms with E-state index in [1.807, 2.05) is 12.2 Å². The van der Waals surface area contributed by atoms with Gasteiger partial charge in [-0.25, -0.2) is 0 Å². The van der Waals surface area contributed by atoms with Crippen molar-refractivity contribution in [1.29, 1.82) is 0 Å². The first-order chi connectivity index (χ1) is 17.9. The van der Waals surface area contributed by atoms with E-state index in [0.29, 0.717) is 18.8 Å². The molecular weight excluding hydrogens is 474 g/mol. The summed E-state index contributed by atoms with van der Waals surface area (Å²) in [6.07, 6.45) is 12.8. The Balaban J connectivity index is 1.26. The molecule has 198 valence electrons. The Bertz CT molecular complexity index is 1130. The van der Waals surface area contributed by atoms with E-state index in [9.17, 15) is 14.4 Å². The number of likely N-dealkylation sites (tertiary alicyclic amines) is 1. The number of hydrogen-bond donors (Lipinski definition) is 0. The third-order valence-electron chi connectivity index (χ3n) is 9.60. The van der Waals surface area contributed by atoms with Crippen LogP contribution in [0.15, 0.2) is 35.1 Å². The highest BCUT2D eigenvalue weighted by Crippen LogP contribution is 2.66. The third kappa shape index (κ3) is 3.74. The van der Waals surface area contributed by atoms with Crippen molar-refractivity contribution >= 4 is 17.9 Å². The minimum absolute atomic E-state index is 0.00877. The Morgan fingerprint density at radius 1 is 1.05 bits per heavy atom. The van der Waals surface area contributed by atoms with Crippen LogP contribution in [0.2, 0.25) is 0 Å². The third-order valence-corrected chi connectivity index (χ3v) is 9.60. The molecule has 3 saturated carbocycles. The highest BCUT2D eigenvalue weighted by molar-refractivity contribution is 5.77. The molecule has 2 bridgehead atoms. The molecule has 7 rings (SSSR count). The van der Waals surface area contributed by atoms with Crippen LogP contribution in [0.1, 0.15) is 57.8 Å². The van der Waals surface area contributed by atoms with Gasteiger partial charge >= 0.3 is 17.9 Å². The molecular formula is C29H35NO7. The lowest BCUT2D eigenvalue weighted by atomic mass is 9.50. The second-order valence-corrected chi connectivity index (χ2v) is 12.0. The van der Waals surface area contributed by atoms with Gasteiger partial charge in [-0.2, -0.15) is 0 Å². The van der Waals surface area contributed by atoms with E-state index in [2.05, 4.69) is 18.0 Å². The van der Waals surface area contributed by atoms with Crippen molar-refractivity contribution in [3.63, 3.8) is 0 Å². The molecule has 5 fully saturated rings. The average molecular weight is 510 g/mol. The maximum atomic E-state index is 13.2. The van der Waals surface area contributed by atoms with Gasteiger partial charge in [-0.15, -0.1) is 0 Å². The van der Waals surface area contributed by atoms with Crippen LogP contribution in [0.4, 0.5) is 0 Å². The van der Waals surface area contributed by atoms with Gasteiger partial charge in [0.25, 0.3) is 0 Å². The van der Waals surface area contributed by atoms with Crippen molar-refractivity contribution in [1.82, 2.24) is 4.90 Å². The molecule has 7 aliphatic rings. The first-order valence-electron chi connectivity index (χ1n) is 13.9. The van der Waals surface area contributed by atoms with E-state index in [4.69, 9.17) is 18.9 Å². The number of ether oxygens (including phenoxy) is 4. The van der Waals surface area contributed by atoms with Crippen LogP contribution in [0.25, 0.3) is 0 Å². The summed E-state index contributed by atoms with van der Waals surface area (Å²) in [7, 11) is 2.10. The monoisotopic (exact) mass is 509 g/mol. The molecule has 37 heavy (non-hydrogen) atoms. The van der Waals surface area contributed by atoms with Crippen LogP contribution < -0.4 is 0 Å². The number of hydrogen-bond acceptors (Lipinski definition) is 8. The number of likely N-dealkylation sites (N-methyl/N-ethyl adjacent to an activating group) is 1. The Labute approximate surface area is 217 Å². The summed E-state index contributed by atoms with van der Waals surface area (Å²) < 4.78 is 24.4. The second kappa shape index (κ2) is 8.53. The fourth-order valence-electron chi connectivity index (χ4n) is 7.08. The van der Waals surface area contributed by atoms with Gasteiger partial charge in [0.2, 0.25) is 0 Å². The first-order valence-corrected chi connectivity index (χ1v) is 13.9. The smallest absolute Gasteiger partial charge is 0.314 e. The van der Waals surface area contributed by atoms with Crippen molar-refractivity contribution in [3.8, 4) is 0 Å². The van der Waals surface area contributed by atoms with Gasteiger partial charge in [0.15, 0.2) is 0 Å². The quantitative estimate of drug-likeness (QED) is 0.364. The van der Waals surface area contributed by atoms with E-state index in [0.717, 1.165) is 69.1 Å². The molecule has 2 saturated heterocycles. The average Bonchev–Trinajstić information content (AvgIpc) is 3.74. The summed E-state index contributed by atoms with van der Waals surface area (Å²) in [4.78, 5) is 40.1. The van der Waals surface area contributed by atoms with Crippen LogP contribution >= 0.6 is 0 Å². The SMILES string of the molecule is CN1CC[C@@]23C4=C(/C=C\COC(=O)C5CC5)C[C@@H]1[C@]2(OC(=O)C1CC1)CC=C(OC(=O)C1CC1)[C@@H]3OC4. The summed E-state index contributed by atoms with van der Waals surface area (Å²) in [5.74, 6) is 0.237. The molecule has 0 aromatic heterocycles. The number of allylic oxidation sites excluding steroid dienone is 1. The van der Waals surface area contributed by atoms with Crippen molar-refractivity contribution in [2.24, 2.45) is 23.2 Å². The fraction of sp³-hybridized carbons (Fsp3) is 0.690. The topological polar surface area (TPSA) is 91.4 Å². The predicted molar refractivity (Wildman–Crippen MR) is 131 cm³/mol. The first kappa shape index (κ1) is 23.7. The summed E-state index contributed by atoms with van der Waals surface area (Å²) in [5, 5.41) is 0. The number of carbonyl (C=O) groups is 3. The Morgan fingerprint density at radius 2 is 1.76 bits per heavy atom. The van der Waals surface area contributed by atoms with E-state index >= 15 is 0 Å². The molecule has 0 N–H and O–H groups in total. The van der Waals surface area contributed by atoms with Crippen molar-refractivity contribution in [3.05, 3.63) is 35.1 Å². The molecule has 5 aliphatic carbocycles. The van der Waals surface area contributed by atoms with Crippen LogP contribution in [-0.4, -0.2) is 67.4 Å². The van der Waals surface area contributed by atoms with Gasteiger partial charge in [-0.05, 0) is 88.3 Å². The molecule has 1 spiro atoms. The van der Waals surface area contributed by atoms with E-state index in [1.54, 1.807) is 0 Å². The second-order valence-electron chi connectivity index (χ2n) is 12.0. The number of carbonyl (C=O) groups excluding carboxylic acids is 3. The summed E-state index contributed by atoms with van der Waals surface area (Å²) in [6, 6.07) is -0.0255. The molecule has 4 atom stereocenters. The van der Waals surface area contributed by atoms with Gasteiger partial charge in [0.1, 0.15) is 24.1 Å². The normalized spacial score (nSPS) is 36.7. The van der Waals surface area contributed by atoms with E-state index in [-0.39, 0.29) is 48.3 Å². The lowest BCUT2D eigenvalue weighted by Crippen LogP contribution is -2.73. The number of esters is 3. The molecule has 8 heteroatoms. The maximum absolute atomic E-state index is 13.2. The predicted octanol–water partition coefficient (Wildman–Crippen LogP) is 3.22. The highest BCUT2D eigenvalue weighted by atomic mass is 16.6. The number of rotatable bonds is 8. The van der Waals surface area contributed by atoms with Crippen molar-refractivity contribution in [2.45, 2.75) is 75.5 Å². The lowest BCUT2D eigenvalue weighted by Gasteiger charge is -2.63. The van der Waals surface area contributed by atoms with Crippen LogP contribution in [0, 0.1) is 23.2 Å². The molecule has 8 nitrogen and oxygen atoms in total. The fourth-order valence-corrected chi connectivity index (χ4v) is 7.08. The molecule has 0 amide bonds. The lowest BCUT2D eigenvalue weighted by molar-refractivity contribution is -0.219. The molecule has 2 aliphatic heterocycles. The van der Waals surface area contributed by atoms with Gasteiger partial charge in [0, 0.05) is 6.42 Å². The van der Waals surface area contributed by atoms with Gasteiger partial charge < -0.3 is 18.9 Å². The van der Waals surface area contributed by atoms with Crippen LogP contribution in [-0.2, 0) is 33.3 Å². The van der Waals surface area contributed by atoms with E-state index < -0.39 is 17.1 Å². The summed E-state index contributed by atoms with van der Waals surface area (Å²) in [5.41, 5.74) is 0.949. The maximum Gasteiger partial charge on any atom is 0.314 e. The van der Waals surface area contributed by atoms with Crippen LogP contribution in [0.5, 0.6) is 0 Å². The molecule has 0 unspecified atom stereocenters. The zero-order chi connectivity index (χ0) is 25.4. The molecule has 0 aromatic rings. The number of nitrogens with zero attached hydrogens (tertiary/aromatic N) is 1. The zero-order valence-corrected chi connectivity index (χ0v) is 21.4. The standard InChI is InChI=1S/C29H35NO7/c1-30-13-12-28-21-16-35-24(28)22(36-26(32)18-6-7-18)10-11-29(28,37-27(33)19-8-9-19)23(30)15-20(21)3-2-14-34-25(31)17-4-5-17/h2-3,10,17-19,23-24H,4-9,11-16H2,1H3/b3-2-/t23-,24+,28+,29-/m1/s1. The molecule has 0 radical (unpaired) electrons. The van der Waals surface area contributed by atoms with Gasteiger partial charge in [-0.1, -0.05) is 6.08 Å². The summed E-state index contributed by atoms with van der Waals surface area (Å²) >= 11 is 0. The minimum atomic E-state index is -0.762. The van der Waals surface area contributed by atoms with Crippen LogP contribution in [0.3, 0.4) is 0 Å². The van der Waals surface area contributed by atoms with Crippen molar-refractivity contribution < 1.29 is 33.3 Å².